The summed E-state index contributed by atoms with van der Waals surface area (Å²) in [5, 5.41) is 9.05. The Morgan fingerprint density at radius 3 is 2.22 bits per heavy atom. The van der Waals surface area contributed by atoms with Crippen molar-refractivity contribution in [3.8, 4) is 0 Å². The van der Waals surface area contributed by atoms with E-state index in [2.05, 4.69) is 0 Å². The largest absolute Gasteiger partial charge is 0.506 e. The molecule has 0 saturated carbocycles. The summed E-state index contributed by atoms with van der Waals surface area (Å²) in [6.45, 7) is 2.29. The van der Waals surface area contributed by atoms with Crippen molar-refractivity contribution in [3.05, 3.63) is 35.4 Å². The van der Waals surface area contributed by atoms with Crippen LogP contribution in [0.2, 0.25) is 0 Å². The summed E-state index contributed by atoms with van der Waals surface area (Å²) < 4.78 is 55.0. The molecule has 2 amide bonds. The van der Waals surface area contributed by atoms with E-state index >= 15 is 0 Å². The van der Waals surface area contributed by atoms with Crippen LogP contribution in [0.1, 0.15) is 36.3 Å². The van der Waals surface area contributed by atoms with Crippen LogP contribution in [-0.2, 0) is 20.4 Å². The summed E-state index contributed by atoms with van der Waals surface area (Å²) in [7, 11) is 0. The molecule has 0 radical (unpaired) electrons. The lowest BCUT2D eigenvalue weighted by atomic mass is 9.88. The van der Waals surface area contributed by atoms with Crippen LogP contribution in [0.15, 0.2) is 24.3 Å². The molecule has 32 heavy (non-hydrogen) atoms. The molecule has 1 N–H and O–H groups in total. The molecule has 3 heterocycles. The number of benzene rings is 1. The number of carbonyl (C=O) groups is 2. The van der Waals surface area contributed by atoms with E-state index < -0.39 is 29.8 Å². The summed E-state index contributed by atoms with van der Waals surface area (Å²) in [4.78, 5) is 27.5. The first-order valence-electron chi connectivity index (χ1n) is 10.5. The Labute approximate surface area is 182 Å². The number of amides is 2. The maximum Gasteiger partial charge on any atom is 0.506 e. The van der Waals surface area contributed by atoms with Crippen molar-refractivity contribution in [3.63, 3.8) is 0 Å². The van der Waals surface area contributed by atoms with Crippen molar-refractivity contribution in [1.82, 2.24) is 9.80 Å². The van der Waals surface area contributed by atoms with E-state index in [1.165, 1.54) is 17.0 Å². The standard InChI is InChI=1S/C21H25F3N2O6/c22-21(23,24)16-3-1-14(2-4-16)15-11-17(32-19(28)29)13-26(12-15)18(27)25-7-5-20(6-8-25)30-9-10-31-20/h1-4,15,17H,5-13H2,(H,28,29). The monoisotopic (exact) mass is 458 g/mol. The van der Waals surface area contributed by atoms with Gasteiger partial charge in [0, 0.05) is 38.4 Å². The molecule has 11 heteroatoms. The fourth-order valence-electron chi connectivity index (χ4n) is 4.65. The number of halogens is 3. The van der Waals surface area contributed by atoms with Gasteiger partial charge in [-0.2, -0.15) is 13.2 Å². The van der Waals surface area contributed by atoms with E-state index in [0.717, 1.165) is 12.1 Å². The van der Waals surface area contributed by atoms with Crippen molar-refractivity contribution in [1.29, 1.82) is 0 Å². The molecule has 0 aromatic heterocycles. The van der Waals surface area contributed by atoms with Crippen molar-refractivity contribution < 1.29 is 42.1 Å². The zero-order chi connectivity index (χ0) is 22.9. The Morgan fingerprint density at radius 2 is 1.66 bits per heavy atom. The van der Waals surface area contributed by atoms with Gasteiger partial charge in [-0.15, -0.1) is 0 Å². The third-order valence-corrected chi connectivity index (χ3v) is 6.27. The van der Waals surface area contributed by atoms with Crippen LogP contribution in [0.4, 0.5) is 22.8 Å². The van der Waals surface area contributed by atoms with Gasteiger partial charge in [0.2, 0.25) is 0 Å². The zero-order valence-electron chi connectivity index (χ0n) is 17.3. The van der Waals surface area contributed by atoms with Gasteiger partial charge in [-0.3, -0.25) is 0 Å². The van der Waals surface area contributed by atoms with Gasteiger partial charge in [0.15, 0.2) is 5.79 Å². The average molecular weight is 458 g/mol. The normalized spacial score (nSPS) is 25.7. The number of nitrogens with zero attached hydrogens (tertiary/aromatic N) is 2. The molecule has 3 aliphatic rings. The molecular weight excluding hydrogens is 433 g/mol. The van der Waals surface area contributed by atoms with Crippen molar-refractivity contribution in [2.45, 2.75) is 43.2 Å². The molecule has 0 aliphatic carbocycles. The number of rotatable bonds is 2. The minimum absolute atomic E-state index is 0.0942. The first-order chi connectivity index (χ1) is 15.2. The minimum atomic E-state index is -4.44. The molecule has 4 rings (SSSR count). The maximum atomic E-state index is 13.2. The van der Waals surface area contributed by atoms with Crippen LogP contribution in [0.5, 0.6) is 0 Å². The Morgan fingerprint density at radius 1 is 1.03 bits per heavy atom. The summed E-state index contributed by atoms with van der Waals surface area (Å²) in [5.74, 6) is -0.979. The van der Waals surface area contributed by atoms with E-state index in [-0.39, 0.29) is 31.5 Å². The Balaban J connectivity index is 1.46. The predicted molar refractivity (Wildman–Crippen MR) is 104 cm³/mol. The highest BCUT2D eigenvalue weighted by atomic mass is 19.4. The van der Waals surface area contributed by atoms with E-state index in [1.54, 1.807) is 4.90 Å². The van der Waals surface area contributed by atoms with Gasteiger partial charge in [-0.25, -0.2) is 9.59 Å². The first kappa shape index (κ1) is 22.7. The van der Waals surface area contributed by atoms with Crippen molar-refractivity contribution in [2.24, 2.45) is 0 Å². The Bertz CT molecular complexity index is 831. The molecule has 1 spiro atoms. The lowest BCUT2D eigenvalue weighted by molar-refractivity contribution is -0.182. The zero-order valence-corrected chi connectivity index (χ0v) is 17.3. The van der Waals surface area contributed by atoms with Gasteiger partial charge in [0.25, 0.3) is 0 Å². The fourth-order valence-corrected chi connectivity index (χ4v) is 4.65. The van der Waals surface area contributed by atoms with Gasteiger partial charge in [0.1, 0.15) is 6.10 Å². The quantitative estimate of drug-likeness (QED) is 0.683. The van der Waals surface area contributed by atoms with Crippen LogP contribution in [0.3, 0.4) is 0 Å². The summed E-state index contributed by atoms with van der Waals surface area (Å²) in [5.41, 5.74) is -0.165. The molecule has 1 aromatic carbocycles. The molecule has 0 bridgehead atoms. The number of hydrogen-bond acceptors (Lipinski definition) is 5. The molecule has 3 saturated heterocycles. The van der Waals surface area contributed by atoms with Crippen molar-refractivity contribution >= 4 is 12.2 Å². The summed E-state index contributed by atoms with van der Waals surface area (Å²) in [6.07, 6.45) is -5.29. The highest BCUT2D eigenvalue weighted by Crippen LogP contribution is 2.35. The van der Waals surface area contributed by atoms with E-state index in [9.17, 15) is 22.8 Å². The van der Waals surface area contributed by atoms with Gasteiger partial charge < -0.3 is 29.1 Å². The van der Waals surface area contributed by atoms with E-state index in [0.29, 0.717) is 44.7 Å². The fraction of sp³-hybridized carbons (Fsp3) is 0.619. The van der Waals surface area contributed by atoms with E-state index in [4.69, 9.17) is 19.3 Å². The highest BCUT2D eigenvalue weighted by molar-refractivity contribution is 5.75. The molecule has 8 nitrogen and oxygen atoms in total. The number of likely N-dealkylation sites (tertiary alicyclic amines) is 2. The highest BCUT2D eigenvalue weighted by Gasteiger charge is 2.42. The summed E-state index contributed by atoms with van der Waals surface area (Å²) >= 11 is 0. The second-order valence-electron chi connectivity index (χ2n) is 8.34. The Kier molecular flexibility index (Phi) is 6.22. The SMILES string of the molecule is O=C(O)OC1CC(c2ccc(C(F)(F)F)cc2)CN(C(=O)N2CCC3(CC2)OCCO3)C1. The molecule has 2 unspecified atom stereocenters. The number of urea groups is 1. The van der Waals surface area contributed by atoms with Crippen LogP contribution < -0.4 is 0 Å². The van der Waals surface area contributed by atoms with Crippen LogP contribution in [0, 0.1) is 0 Å². The van der Waals surface area contributed by atoms with Gasteiger partial charge in [-0.1, -0.05) is 12.1 Å². The molecular formula is C21H25F3N2O6. The average Bonchev–Trinajstić information content (AvgIpc) is 3.20. The van der Waals surface area contributed by atoms with Crippen molar-refractivity contribution in [2.75, 3.05) is 39.4 Å². The number of piperidine rings is 2. The van der Waals surface area contributed by atoms with Crippen LogP contribution in [0.25, 0.3) is 0 Å². The third-order valence-electron chi connectivity index (χ3n) is 6.27. The van der Waals surface area contributed by atoms with Gasteiger partial charge in [-0.05, 0) is 24.1 Å². The molecule has 1 aromatic rings. The van der Waals surface area contributed by atoms with Crippen LogP contribution >= 0.6 is 0 Å². The van der Waals surface area contributed by atoms with E-state index in [1.807, 2.05) is 0 Å². The second kappa shape index (κ2) is 8.78. The number of hydrogen-bond donors (Lipinski definition) is 1. The second-order valence-corrected chi connectivity index (χ2v) is 8.34. The maximum absolute atomic E-state index is 13.2. The molecule has 3 fully saturated rings. The van der Waals surface area contributed by atoms with Gasteiger partial charge in [0.05, 0.1) is 25.3 Å². The lowest BCUT2D eigenvalue weighted by Gasteiger charge is -2.42. The third kappa shape index (κ3) is 4.93. The topological polar surface area (TPSA) is 88.5 Å². The Hall–Kier alpha value is -2.53. The first-order valence-corrected chi connectivity index (χ1v) is 10.5. The van der Waals surface area contributed by atoms with Gasteiger partial charge >= 0.3 is 18.4 Å². The predicted octanol–water partition coefficient (Wildman–Crippen LogP) is 3.52. The smallest absolute Gasteiger partial charge is 0.450 e. The lowest BCUT2D eigenvalue weighted by Crippen LogP contribution is -2.55. The van der Waals surface area contributed by atoms with Crippen LogP contribution in [-0.4, -0.2) is 78.4 Å². The molecule has 2 atom stereocenters. The molecule has 3 aliphatic heterocycles. The number of carbonyl (C=O) groups excluding carboxylic acids is 1. The summed E-state index contributed by atoms with van der Waals surface area (Å²) in [6, 6.07) is 4.48. The number of ether oxygens (including phenoxy) is 3. The number of carboxylic acid groups (broad SMARTS) is 1. The number of alkyl halides is 3. The minimum Gasteiger partial charge on any atom is -0.450 e. The molecule has 176 valence electrons.